The van der Waals surface area contributed by atoms with E-state index in [-0.39, 0.29) is 30.7 Å². The van der Waals surface area contributed by atoms with Gasteiger partial charge in [0.05, 0.1) is 6.10 Å². The largest absolute Gasteiger partial charge is 0.391 e. The Morgan fingerprint density at radius 1 is 1.30 bits per heavy atom. The number of amides is 3. The van der Waals surface area contributed by atoms with Crippen LogP contribution in [0.4, 0.5) is 11.4 Å². The molecule has 0 spiro atoms. The van der Waals surface area contributed by atoms with E-state index in [1.807, 2.05) is 0 Å². The Hall–Kier alpha value is -2.67. The molecule has 1 fully saturated rings. The SMILES string of the molecule is C=CC(=O)Nc1cccc(NC(=O)[C@@H]2C[C@@H](O)CN2C(C)=O)c1. The van der Waals surface area contributed by atoms with E-state index in [1.54, 1.807) is 24.3 Å². The van der Waals surface area contributed by atoms with Crippen LogP contribution in [-0.4, -0.2) is 46.4 Å². The first kappa shape index (κ1) is 16.7. The fourth-order valence-electron chi connectivity index (χ4n) is 2.50. The average Bonchev–Trinajstić information content (AvgIpc) is 2.90. The molecular weight excluding hydrogens is 298 g/mol. The van der Waals surface area contributed by atoms with E-state index in [2.05, 4.69) is 17.2 Å². The van der Waals surface area contributed by atoms with Crippen LogP contribution in [0.15, 0.2) is 36.9 Å². The number of β-amino-alcohol motifs (C(OH)–C–C–N with tert-alkyl or cyclic N) is 1. The molecule has 7 nitrogen and oxygen atoms in total. The Balaban J connectivity index is 2.08. The number of anilines is 2. The number of likely N-dealkylation sites (tertiary alicyclic amines) is 1. The van der Waals surface area contributed by atoms with Gasteiger partial charge in [0.25, 0.3) is 0 Å². The second-order valence-electron chi connectivity index (χ2n) is 5.34. The van der Waals surface area contributed by atoms with Crippen molar-refractivity contribution in [1.29, 1.82) is 0 Å². The number of carbonyl (C=O) groups is 3. The Labute approximate surface area is 134 Å². The highest BCUT2D eigenvalue weighted by Gasteiger charge is 2.37. The standard InChI is InChI=1S/C16H19N3O4/c1-3-15(22)17-11-5-4-6-12(7-11)18-16(23)14-8-13(21)9-19(14)10(2)20/h3-7,13-14,21H,1,8-9H2,2H3,(H,17,22)(H,18,23)/t13-,14+/m1/s1. The molecule has 0 aromatic heterocycles. The van der Waals surface area contributed by atoms with Crippen molar-refractivity contribution in [3.05, 3.63) is 36.9 Å². The summed E-state index contributed by atoms with van der Waals surface area (Å²) in [6.45, 7) is 4.89. The van der Waals surface area contributed by atoms with Crippen molar-refractivity contribution < 1.29 is 19.5 Å². The van der Waals surface area contributed by atoms with Crippen LogP contribution >= 0.6 is 0 Å². The van der Waals surface area contributed by atoms with Crippen LogP contribution in [0.3, 0.4) is 0 Å². The maximum Gasteiger partial charge on any atom is 0.247 e. The molecule has 0 radical (unpaired) electrons. The number of hydrogen-bond acceptors (Lipinski definition) is 4. The van der Waals surface area contributed by atoms with Gasteiger partial charge in [-0.25, -0.2) is 0 Å². The lowest BCUT2D eigenvalue weighted by Gasteiger charge is -2.22. The van der Waals surface area contributed by atoms with Gasteiger partial charge in [0.1, 0.15) is 6.04 Å². The Morgan fingerprint density at radius 3 is 2.57 bits per heavy atom. The van der Waals surface area contributed by atoms with E-state index in [9.17, 15) is 19.5 Å². The van der Waals surface area contributed by atoms with Crippen LogP contribution in [0, 0.1) is 0 Å². The molecule has 2 rings (SSSR count). The monoisotopic (exact) mass is 317 g/mol. The van der Waals surface area contributed by atoms with E-state index >= 15 is 0 Å². The number of aliphatic hydroxyl groups excluding tert-OH is 1. The topological polar surface area (TPSA) is 98.7 Å². The summed E-state index contributed by atoms with van der Waals surface area (Å²) in [6.07, 6.45) is 0.654. The molecule has 122 valence electrons. The molecule has 3 N–H and O–H groups in total. The Bertz CT molecular complexity index is 644. The maximum absolute atomic E-state index is 12.3. The number of nitrogens with one attached hydrogen (secondary N) is 2. The summed E-state index contributed by atoms with van der Waals surface area (Å²) in [6, 6.07) is 5.93. The Morgan fingerprint density at radius 2 is 1.96 bits per heavy atom. The number of carbonyl (C=O) groups excluding carboxylic acids is 3. The number of nitrogens with zero attached hydrogens (tertiary/aromatic N) is 1. The fraction of sp³-hybridized carbons (Fsp3) is 0.312. The van der Waals surface area contributed by atoms with E-state index in [0.717, 1.165) is 6.08 Å². The lowest BCUT2D eigenvalue weighted by Crippen LogP contribution is -2.42. The number of rotatable bonds is 4. The minimum atomic E-state index is -0.701. The van der Waals surface area contributed by atoms with Gasteiger partial charge in [-0.05, 0) is 24.3 Å². The van der Waals surface area contributed by atoms with Gasteiger partial charge in [0.2, 0.25) is 17.7 Å². The summed E-state index contributed by atoms with van der Waals surface area (Å²) in [5.41, 5.74) is 1.00. The van der Waals surface area contributed by atoms with Crippen molar-refractivity contribution in [1.82, 2.24) is 4.90 Å². The number of hydrogen-bond donors (Lipinski definition) is 3. The summed E-state index contributed by atoms with van der Waals surface area (Å²) in [5.74, 6) is -0.979. The van der Waals surface area contributed by atoms with Crippen LogP contribution in [0.2, 0.25) is 0 Å². The molecule has 0 aliphatic carbocycles. The lowest BCUT2D eigenvalue weighted by molar-refractivity contribution is -0.134. The summed E-state index contributed by atoms with van der Waals surface area (Å²) in [4.78, 5) is 36.5. The molecule has 0 saturated carbocycles. The summed E-state index contributed by atoms with van der Waals surface area (Å²) < 4.78 is 0. The second kappa shape index (κ2) is 7.06. The Kier molecular flexibility index (Phi) is 5.13. The first-order valence-corrected chi connectivity index (χ1v) is 7.20. The van der Waals surface area contributed by atoms with Crippen LogP contribution in [0.1, 0.15) is 13.3 Å². The third kappa shape index (κ3) is 4.17. The van der Waals surface area contributed by atoms with Crippen molar-refractivity contribution >= 4 is 29.1 Å². The summed E-state index contributed by atoms with van der Waals surface area (Å²) in [7, 11) is 0. The second-order valence-corrected chi connectivity index (χ2v) is 5.34. The van der Waals surface area contributed by atoms with Crippen molar-refractivity contribution in [2.24, 2.45) is 0 Å². The summed E-state index contributed by atoms with van der Waals surface area (Å²) >= 11 is 0. The van der Waals surface area contributed by atoms with Crippen LogP contribution in [0.25, 0.3) is 0 Å². The molecule has 7 heteroatoms. The van der Waals surface area contributed by atoms with Gasteiger partial charge in [0.15, 0.2) is 0 Å². The molecule has 1 heterocycles. The lowest BCUT2D eigenvalue weighted by atomic mass is 10.1. The third-order valence-corrected chi connectivity index (χ3v) is 3.57. The van der Waals surface area contributed by atoms with Crippen molar-refractivity contribution in [2.75, 3.05) is 17.2 Å². The fourth-order valence-corrected chi connectivity index (χ4v) is 2.50. The highest BCUT2D eigenvalue weighted by atomic mass is 16.3. The molecular formula is C16H19N3O4. The zero-order chi connectivity index (χ0) is 17.0. The molecule has 0 bridgehead atoms. The smallest absolute Gasteiger partial charge is 0.247 e. The van der Waals surface area contributed by atoms with Gasteiger partial charge in [0, 0.05) is 31.3 Å². The minimum Gasteiger partial charge on any atom is -0.391 e. The van der Waals surface area contributed by atoms with Gasteiger partial charge in [-0.2, -0.15) is 0 Å². The molecule has 1 saturated heterocycles. The normalized spacial score (nSPS) is 20.0. The van der Waals surface area contributed by atoms with Crippen LogP contribution in [0.5, 0.6) is 0 Å². The molecule has 23 heavy (non-hydrogen) atoms. The van der Waals surface area contributed by atoms with Crippen molar-refractivity contribution in [3.63, 3.8) is 0 Å². The molecule has 1 aliphatic heterocycles. The van der Waals surface area contributed by atoms with Gasteiger partial charge in [-0.3, -0.25) is 14.4 Å². The van der Waals surface area contributed by atoms with Crippen LogP contribution in [-0.2, 0) is 14.4 Å². The highest BCUT2D eigenvalue weighted by molar-refractivity contribution is 6.00. The van der Waals surface area contributed by atoms with Gasteiger partial charge in [-0.15, -0.1) is 0 Å². The van der Waals surface area contributed by atoms with E-state index in [0.29, 0.717) is 11.4 Å². The molecule has 1 aromatic carbocycles. The third-order valence-electron chi connectivity index (χ3n) is 3.57. The molecule has 1 aromatic rings. The van der Waals surface area contributed by atoms with Crippen molar-refractivity contribution in [2.45, 2.75) is 25.5 Å². The predicted octanol–water partition coefficient (Wildman–Crippen LogP) is 0.731. The number of aliphatic hydroxyl groups is 1. The zero-order valence-corrected chi connectivity index (χ0v) is 12.8. The molecule has 1 aliphatic rings. The quantitative estimate of drug-likeness (QED) is 0.713. The minimum absolute atomic E-state index is 0.156. The van der Waals surface area contributed by atoms with E-state index in [1.165, 1.54) is 11.8 Å². The number of benzene rings is 1. The highest BCUT2D eigenvalue weighted by Crippen LogP contribution is 2.21. The molecule has 0 unspecified atom stereocenters. The van der Waals surface area contributed by atoms with Gasteiger partial charge >= 0.3 is 0 Å². The van der Waals surface area contributed by atoms with Crippen molar-refractivity contribution in [3.8, 4) is 0 Å². The van der Waals surface area contributed by atoms with Gasteiger partial charge in [-0.1, -0.05) is 12.6 Å². The zero-order valence-electron chi connectivity index (χ0n) is 12.8. The molecule has 2 atom stereocenters. The predicted molar refractivity (Wildman–Crippen MR) is 85.7 cm³/mol. The first-order valence-electron chi connectivity index (χ1n) is 7.20. The van der Waals surface area contributed by atoms with Gasteiger partial charge < -0.3 is 20.6 Å². The first-order chi connectivity index (χ1) is 10.9. The molecule has 3 amide bonds. The van der Waals surface area contributed by atoms with Crippen LogP contribution < -0.4 is 10.6 Å². The van der Waals surface area contributed by atoms with E-state index in [4.69, 9.17) is 0 Å². The maximum atomic E-state index is 12.3. The average molecular weight is 317 g/mol. The summed E-state index contributed by atoms with van der Waals surface area (Å²) in [5, 5.41) is 15.0. The van der Waals surface area contributed by atoms with E-state index < -0.39 is 12.1 Å².